The van der Waals surface area contributed by atoms with E-state index in [1.807, 2.05) is 11.3 Å². The van der Waals surface area contributed by atoms with Crippen molar-refractivity contribution in [3.63, 3.8) is 0 Å². The first-order chi connectivity index (χ1) is 8.36. The van der Waals surface area contributed by atoms with Gasteiger partial charge in [-0.15, -0.1) is 11.3 Å². The minimum Gasteiger partial charge on any atom is -0.135 e. The summed E-state index contributed by atoms with van der Waals surface area (Å²) in [7, 11) is 0. The second kappa shape index (κ2) is 4.34. The highest BCUT2D eigenvalue weighted by Crippen LogP contribution is 2.33. The molecule has 0 saturated heterocycles. The fourth-order valence-electron chi connectivity index (χ4n) is 2.04. The summed E-state index contributed by atoms with van der Waals surface area (Å²) in [6.45, 7) is 2.20. The molecule has 3 rings (SSSR count). The van der Waals surface area contributed by atoms with E-state index in [0.717, 1.165) is 6.42 Å². The van der Waals surface area contributed by atoms with Gasteiger partial charge in [-0.2, -0.15) is 0 Å². The van der Waals surface area contributed by atoms with Crippen LogP contribution >= 0.6 is 11.3 Å². The summed E-state index contributed by atoms with van der Waals surface area (Å²) in [4.78, 5) is 1.36. The lowest BCUT2D eigenvalue weighted by atomic mass is 10.1. The molecule has 0 fully saturated rings. The molecule has 1 heterocycles. The minimum atomic E-state index is 1.11. The molecule has 0 aliphatic carbocycles. The van der Waals surface area contributed by atoms with Crippen molar-refractivity contribution in [2.75, 3.05) is 0 Å². The van der Waals surface area contributed by atoms with Crippen LogP contribution in [0.1, 0.15) is 12.5 Å². The third-order valence-corrected chi connectivity index (χ3v) is 4.20. The molecule has 0 spiro atoms. The highest BCUT2D eigenvalue weighted by molar-refractivity contribution is 7.22. The minimum absolute atomic E-state index is 1.11. The molecule has 0 radical (unpaired) electrons. The Kier molecular flexibility index (Phi) is 2.69. The zero-order valence-corrected chi connectivity index (χ0v) is 10.6. The van der Waals surface area contributed by atoms with Gasteiger partial charge >= 0.3 is 0 Å². The van der Waals surface area contributed by atoms with Crippen LogP contribution in [-0.2, 0) is 6.42 Å². The number of thiophene rings is 1. The first-order valence-corrected chi connectivity index (χ1v) is 6.76. The zero-order chi connectivity index (χ0) is 11.7. The van der Waals surface area contributed by atoms with Crippen LogP contribution in [0.5, 0.6) is 0 Å². The number of aryl methyl sites for hydroxylation is 1. The predicted octanol–water partition coefficient (Wildman–Crippen LogP) is 5.13. The molecule has 0 aliphatic rings. The molecule has 0 atom stereocenters. The second-order valence-corrected chi connectivity index (χ2v) is 5.29. The van der Waals surface area contributed by atoms with Gasteiger partial charge in [-0.1, -0.05) is 49.4 Å². The standard InChI is InChI=1S/C16H14S/c1-2-12-8-9-14-11-16(17-15(14)10-12)13-6-4-3-5-7-13/h3-11H,2H2,1H3. The van der Waals surface area contributed by atoms with Crippen molar-refractivity contribution in [3.05, 3.63) is 60.2 Å². The first kappa shape index (κ1) is 10.5. The molecule has 2 aromatic carbocycles. The van der Waals surface area contributed by atoms with Crippen molar-refractivity contribution >= 4 is 21.4 Å². The van der Waals surface area contributed by atoms with Gasteiger partial charge in [0, 0.05) is 9.58 Å². The molecule has 0 amide bonds. The summed E-state index contributed by atoms with van der Waals surface area (Å²) in [5.41, 5.74) is 2.73. The Labute approximate surface area is 106 Å². The van der Waals surface area contributed by atoms with E-state index in [9.17, 15) is 0 Å². The van der Waals surface area contributed by atoms with E-state index in [1.54, 1.807) is 0 Å². The van der Waals surface area contributed by atoms with Crippen LogP contribution in [-0.4, -0.2) is 0 Å². The molecule has 0 saturated carbocycles. The normalized spacial score (nSPS) is 10.9. The lowest BCUT2D eigenvalue weighted by Gasteiger charge is -1.94. The fraction of sp³-hybridized carbons (Fsp3) is 0.125. The molecule has 0 unspecified atom stereocenters. The first-order valence-electron chi connectivity index (χ1n) is 5.94. The van der Waals surface area contributed by atoms with Gasteiger partial charge in [0.25, 0.3) is 0 Å². The van der Waals surface area contributed by atoms with E-state index in [4.69, 9.17) is 0 Å². The van der Waals surface area contributed by atoms with E-state index < -0.39 is 0 Å². The van der Waals surface area contributed by atoms with Crippen molar-refractivity contribution in [1.82, 2.24) is 0 Å². The summed E-state index contributed by atoms with van der Waals surface area (Å²) < 4.78 is 1.39. The summed E-state index contributed by atoms with van der Waals surface area (Å²) in [5, 5.41) is 1.35. The van der Waals surface area contributed by atoms with Crippen LogP contribution in [0, 0.1) is 0 Å². The molecule has 0 bridgehead atoms. The molecule has 0 N–H and O–H groups in total. The van der Waals surface area contributed by atoms with Crippen LogP contribution in [0.3, 0.4) is 0 Å². The Hall–Kier alpha value is -1.60. The second-order valence-electron chi connectivity index (χ2n) is 4.20. The Bertz CT molecular complexity index is 635. The molecule has 3 aromatic rings. The van der Waals surface area contributed by atoms with Crippen molar-refractivity contribution in [2.24, 2.45) is 0 Å². The van der Waals surface area contributed by atoms with E-state index in [2.05, 4.69) is 61.5 Å². The number of hydrogen-bond donors (Lipinski definition) is 0. The zero-order valence-electron chi connectivity index (χ0n) is 9.81. The van der Waals surface area contributed by atoms with E-state index in [-0.39, 0.29) is 0 Å². The molecule has 0 nitrogen and oxygen atoms in total. The Morgan fingerprint density at radius 2 is 1.76 bits per heavy atom. The van der Waals surface area contributed by atoms with E-state index >= 15 is 0 Å². The molecule has 1 aromatic heterocycles. The summed E-state index contributed by atoms with van der Waals surface area (Å²) in [6.07, 6.45) is 1.11. The summed E-state index contributed by atoms with van der Waals surface area (Å²) in [5.74, 6) is 0. The predicted molar refractivity (Wildman–Crippen MR) is 76.6 cm³/mol. The largest absolute Gasteiger partial charge is 0.135 e. The molecular formula is C16H14S. The topological polar surface area (TPSA) is 0 Å². The average molecular weight is 238 g/mol. The Morgan fingerprint density at radius 1 is 0.941 bits per heavy atom. The fourth-order valence-corrected chi connectivity index (χ4v) is 3.17. The van der Waals surface area contributed by atoms with Crippen molar-refractivity contribution in [2.45, 2.75) is 13.3 Å². The Morgan fingerprint density at radius 3 is 2.53 bits per heavy atom. The van der Waals surface area contributed by atoms with Gasteiger partial charge in [0.15, 0.2) is 0 Å². The number of benzene rings is 2. The van der Waals surface area contributed by atoms with Crippen molar-refractivity contribution in [3.8, 4) is 10.4 Å². The maximum absolute atomic E-state index is 2.31. The Balaban J connectivity index is 2.14. The monoisotopic (exact) mass is 238 g/mol. The van der Waals surface area contributed by atoms with Crippen molar-refractivity contribution < 1.29 is 0 Å². The maximum atomic E-state index is 2.31. The van der Waals surface area contributed by atoms with Crippen LogP contribution in [0.4, 0.5) is 0 Å². The van der Waals surface area contributed by atoms with Crippen LogP contribution in [0.2, 0.25) is 0 Å². The summed E-state index contributed by atoms with van der Waals surface area (Å²) in [6, 6.07) is 19.7. The molecule has 17 heavy (non-hydrogen) atoms. The lowest BCUT2D eigenvalue weighted by Crippen LogP contribution is -1.75. The van der Waals surface area contributed by atoms with Gasteiger partial charge in [0.1, 0.15) is 0 Å². The van der Waals surface area contributed by atoms with Crippen LogP contribution < -0.4 is 0 Å². The van der Waals surface area contributed by atoms with E-state index in [1.165, 1.54) is 26.1 Å². The molecular weight excluding hydrogens is 224 g/mol. The summed E-state index contributed by atoms with van der Waals surface area (Å²) >= 11 is 1.88. The quantitative estimate of drug-likeness (QED) is 0.580. The highest BCUT2D eigenvalue weighted by atomic mass is 32.1. The van der Waals surface area contributed by atoms with Gasteiger partial charge in [-0.05, 0) is 35.1 Å². The maximum Gasteiger partial charge on any atom is 0.0355 e. The molecule has 84 valence electrons. The van der Waals surface area contributed by atoms with Gasteiger partial charge in [0.2, 0.25) is 0 Å². The average Bonchev–Trinajstić information content (AvgIpc) is 2.82. The van der Waals surface area contributed by atoms with Gasteiger partial charge in [-0.25, -0.2) is 0 Å². The molecule has 1 heteroatoms. The molecule has 0 aliphatic heterocycles. The lowest BCUT2D eigenvalue weighted by molar-refractivity contribution is 1.15. The number of fused-ring (bicyclic) bond motifs is 1. The highest BCUT2D eigenvalue weighted by Gasteiger charge is 2.04. The van der Waals surface area contributed by atoms with Gasteiger partial charge in [0.05, 0.1) is 0 Å². The number of hydrogen-bond acceptors (Lipinski definition) is 1. The van der Waals surface area contributed by atoms with Crippen LogP contribution in [0.15, 0.2) is 54.6 Å². The third-order valence-electron chi connectivity index (χ3n) is 3.05. The van der Waals surface area contributed by atoms with Gasteiger partial charge in [-0.3, -0.25) is 0 Å². The third kappa shape index (κ3) is 1.98. The smallest absolute Gasteiger partial charge is 0.0355 e. The van der Waals surface area contributed by atoms with E-state index in [0.29, 0.717) is 0 Å². The van der Waals surface area contributed by atoms with Crippen LogP contribution in [0.25, 0.3) is 20.5 Å². The van der Waals surface area contributed by atoms with Crippen molar-refractivity contribution in [1.29, 1.82) is 0 Å². The van der Waals surface area contributed by atoms with Gasteiger partial charge < -0.3 is 0 Å². The number of rotatable bonds is 2. The SMILES string of the molecule is CCc1ccc2cc(-c3ccccc3)sc2c1.